The van der Waals surface area contributed by atoms with Crippen molar-refractivity contribution in [3.8, 4) is 0 Å². The average Bonchev–Trinajstić information content (AvgIpc) is 2.34. The summed E-state index contributed by atoms with van der Waals surface area (Å²) in [6.07, 6.45) is 0. The smallest absolute Gasteiger partial charge is 0.0635 e. The Labute approximate surface area is 118 Å². The van der Waals surface area contributed by atoms with Crippen molar-refractivity contribution in [3.05, 3.63) is 58.1 Å². The van der Waals surface area contributed by atoms with E-state index in [0.29, 0.717) is 26.4 Å². The lowest BCUT2D eigenvalue weighted by molar-refractivity contribution is 0.682. The van der Waals surface area contributed by atoms with E-state index < -0.39 is 10.8 Å². The van der Waals surface area contributed by atoms with Crippen molar-refractivity contribution in [2.24, 2.45) is 0 Å². The van der Waals surface area contributed by atoms with E-state index in [1.165, 1.54) is 0 Å². The van der Waals surface area contributed by atoms with Crippen LogP contribution in [-0.4, -0.2) is 4.21 Å². The van der Waals surface area contributed by atoms with Crippen molar-refractivity contribution < 1.29 is 4.21 Å². The fourth-order valence-corrected chi connectivity index (χ4v) is 3.21. The van der Waals surface area contributed by atoms with Gasteiger partial charge in [0.05, 0.1) is 37.2 Å². The summed E-state index contributed by atoms with van der Waals surface area (Å²) in [6, 6.07) is 12.4. The Morgan fingerprint density at radius 1 is 1.06 bits per heavy atom. The van der Waals surface area contributed by atoms with Gasteiger partial charge in [-0.15, -0.1) is 0 Å². The maximum absolute atomic E-state index is 12.2. The van der Waals surface area contributed by atoms with Crippen LogP contribution in [0.3, 0.4) is 0 Å². The topological polar surface area (TPSA) is 43.1 Å². The Morgan fingerprint density at radius 3 is 2.44 bits per heavy atom. The summed E-state index contributed by atoms with van der Waals surface area (Å²) in [4.78, 5) is 0.632. The first kappa shape index (κ1) is 13.4. The summed E-state index contributed by atoms with van der Waals surface area (Å²) in [7, 11) is -1.19. The molecule has 5 heteroatoms. The molecule has 0 aromatic heterocycles. The van der Waals surface area contributed by atoms with Crippen molar-refractivity contribution >= 4 is 39.7 Å². The molecule has 2 N–H and O–H groups in total. The van der Waals surface area contributed by atoms with Crippen LogP contribution in [0.5, 0.6) is 0 Å². The van der Waals surface area contributed by atoms with Crippen molar-refractivity contribution in [2.45, 2.75) is 10.6 Å². The molecular formula is C13H11Cl2NOS. The minimum absolute atomic E-state index is 0.366. The third kappa shape index (κ3) is 3.05. The summed E-state index contributed by atoms with van der Waals surface area (Å²) in [5.41, 5.74) is 7.07. The summed E-state index contributed by atoms with van der Waals surface area (Å²) in [5, 5.41) is 1.01. The molecule has 0 fully saturated rings. The Morgan fingerprint density at radius 2 is 1.78 bits per heavy atom. The van der Waals surface area contributed by atoms with Gasteiger partial charge in [-0.05, 0) is 29.8 Å². The highest BCUT2D eigenvalue weighted by Crippen LogP contribution is 2.24. The van der Waals surface area contributed by atoms with E-state index in [2.05, 4.69) is 0 Å². The highest BCUT2D eigenvalue weighted by atomic mass is 35.5. The van der Waals surface area contributed by atoms with E-state index in [1.807, 2.05) is 18.2 Å². The van der Waals surface area contributed by atoms with Crippen LogP contribution >= 0.6 is 23.2 Å². The predicted octanol–water partition coefficient (Wildman–Crippen LogP) is 3.88. The molecule has 0 aliphatic rings. The molecule has 1 atom stereocenters. The van der Waals surface area contributed by atoms with Crippen LogP contribution in [0.25, 0.3) is 0 Å². The minimum Gasteiger partial charge on any atom is -0.398 e. The van der Waals surface area contributed by atoms with Crippen molar-refractivity contribution in [1.82, 2.24) is 0 Å². The molecule has 1 unspecified atom stereocenters. The van der Waals surface area contributed by atoms with Crippen LogP contribution < -0.4 is 5.73 Å². The molecule has 0 saturated carbocycles. The summed E-state index contributed by atoms with van der Waals surface area (Å²) in [5.74, 6) is 0.366. The standard InChI is InChI=1S/C13H11Cl2NOS/c14-10-6-5-9(7-12(10)16)8-18(17)13-4-2-1-3-11(13)15/h1-7H,8,16H2. The third-order valence-electron chi connectivity index (χ3n) is 2.44. The van der Waals surface area contributed by atoms with Gasteiger partial charge in [0.1, 0.15) is 0 Å². The molecule has 2 rings (SSSR count). The minimum atomic E-state index is -1.19. The highest BCUT2D eigenvalue weighted by molar-refractivity contribution is 7.84. The van der Waals surface area contributed by atoms with E-state index >= 15 is 0 Å². The number of benzene rings is 2. The first-order chi connectivity index (χ1) is 8.58. The van der Waals surface area contributed by atoms with Crippen molar-refractivity contribution in [1.29, 1.82) is 0 Å². The van der Waals surface area contributed by atoms with Gasteiger partial charge in [-0.1, -0.05) is 41.4 Å². The second kappa shape index (κ2) is 5.74. The molecule has 94 valence electrons. The number of rotatable bonds is 3. The SMILES string of the molecule is Nc1cc(CS(=O)c2ccccc2Cl)ccc1Cl. The largest absolute Gasteiger partial charge is 0.398 e. The predicted molar refractivity (Wildman–Crippen MR) is 77.4 cm³/mol. The molecule has 2 nitrogen and oxygen atoms in total. The van der Waals surface area contributed by atoms with Crippen molar-refractivity contribution in [2.75, 3.05) is 5.73 Å². The second-order valence-corrected chi connectivity index (χ2v) is 6.01. The molecule has 0 aliphatic heterocycles. The molecular weight excluding hydrogens is 289 g/mol. The number of halogens is 2. The number of hydrogen-bond acceptors (Lipinski definition) is 2. The van der Waals surface area contributed by atoms with E-state index in [4.69, 9.17) is 28.9 Å². The van der Waals surface area contributed by atoms with E-state index in [1.54, 1.807) is 24.3 Å². The molecule has 0 aliphatic carbocycles. The maximum Gasteiger partial charge on any atom is 0.0635 e. The molecule has 0 bridgehead atoms. The van der Waals surface area contributed by atoms with Gasteiger partial charge in [0.25, 0.3) is 0 Å². The van der Waals surface area contributed by atoms with E-state index in [9.17, 15) is 4.21 Å². The average molecular weight is 300 g/mol. The second-order valence-electron chi connectivity index (χ2n) is 3.78. The third-order valence-corrected chi connectivity index (χ3v) is 4.67. The Hall–Kier alpha value is -1.03. The van der Waals surface area contributed by atoms with Gasteiger partial charge in [0, 0.05) is 0 Å². The number of nitrogen functional groups attached to an aromatic ring is 1. The van der Waals surface area contributed by atoms with Crippen LogP contribution in [-0.2, 0) is 16.6 Å². The van der Waals surface area contributed by atoms with Gasteiger partial charge in [0.15, 0.2) is 0 Å². The monoisotopic (exact) mass is 299 g/mol. The number of nitrogens with two attached hydrogens (primary N) is 1. The van der Waals surface area contributed by atoms with Gasteiger partial charge in [-0.2, -0.15) is 0 Å². The number of hydrogen-bond donors (Lipinski definition) is 1. The first-order valence-corrected chi connectivity index (χ1v) is 7.32. The van der Waals surface area contributed by atoms with Crippen LogP contribution in [0.15, 0.2) is 47.4 Å². The highest BCUT2D eigenvalue weighted by Gasteiger charge is 2.09. The zero-order chi connectivity index (χ0) is 13.1. The van der Waals surface area contributed by atoms with Crippen LogP contribution in [0, 0.1) is 0 Å². The molecule has 0 heterocycles. The lowest BCUT2D eigenvalue weighted by Crippen LogP contribution is -1.98. The van der Waals surface area contributed by atoms with Crippen LogP contribution in [0.4, 0.5) is 5.69 Å². The lowest BCUT2D eigenvalue weighted by Gasteiger charge is -2.06. The fourth-order valence-electron chi connectivity index (χ4n) is 1.54. The zero-order valence-corrected chi connectivity index (χ0v) is 11.7. The molecule has 0 spiro atoms. The fraction of sp³-hybridized carbons (Fsp3) is 0.0769. The summed E-state index contributed by atoms with van der Waals surface area (Å²) in [6.45, 7) is 0. The van der Waals surface area contributed by atoms with Gasteiger partial charge >= 0.3 is 0 Å². The lowest BCUT2D eigenvalue weighted by atomic mass is 10.2. The maximum atomic E-state index is 12.2. The molecule has 2 aromatic carbocycles. The quantitative estimate of drug-likeness (QED) is 0.874. The Balaban J connectivity index is 2.22. The van der Waals surface area contributed by atoms with Crippen LogP contribution in [0.1, 0.15) is 5.56 Å². The number of anilines is 1. The van der Waals surface area contributed by atoms with Gasteiger partial charge in [-0.25, -0.2) is 0 Å². The molecule has 0 radical (unpaired) electrons. The molecule has 2 aromatic rings. The van der Waals surface area contributed by atoms with Gasteiger partial charge in [0.2, 0.25) is 0 Å². The van der Waals surface area contributed by atoms with Crippen LogP contribution in [0.2, 0.25) is 10.0 Å². The normalized spacial score (nSPS) is 12.3. The zero-order valence-electron chi connectivity index (χ0n) is 9.40. The van der Waals surface area contributed by atoms with Gasteiger partial charge < -0.3 is 5.73 Å². The summed E-state index contributed by atoms with van der Waals surface area (Å²) >= 11 is 11.8. The Kier molecular flexibility index (Phi) is 4.27. The molecule has 18 heavy (non-hydrogen) atoms. The Bertz CT molecular complexity index is 601. The van der Waals surface area contributed by atoms with Crippen molar-refractivity contribution in [3.63, 3.8) is 0 Å². The van der Waals surface area contributed by atoms with Gasteiger partial charge in [-0.3, -0.25) is 4.21 Å². The molecule has 0 saturated heterocycles. The van der Waals surface area contributed by atoms with E-state index in [-0.39, 0.29) is 0 Å². The summed E-state index contributed by atoms with van der Waals surface area (Å²) < 4.78 is 12.2. The molecule has 0 amide bonds. The first-order valence-electron chi connectivity index (χ1n) is 5.25. The van der Waals surface area contributed by atoms with E-state index in [0.717, 1.165) is 5.56 Å².